The predicted octanol–water partition coefficient (Wildman–Crippen LogP) is 4.80. The van der Waals surface area contributed by atoms with Gasteiger partial charge in [0.15, 0.2) is 0 Å². The van der Waals surface area contributed by atoms with Crippen LogP contribution in [0.15, 0.2) is 41.7 Å². The van der Waals surface area contributed by atoms with Gasteiger partial charge in [-0.3, -0.25) is 0 Å². The summed E-state index contributed by atoms with van der Waals surface area (Å²) in [7, 11) is 0. The summed E-state index contributed by atoms with van der Waals surface area (Å²) in [5.74, 6) is 0. The summed E-state index contributed by atoms with van der Waals surface area (Å²) >= 11 is 0. The molecule has 0 rings (SSSR count). The molecule has 0 N–H and O–H groups in total. The van der Waals surface area contributed by atoms with Crippen LogP contribution in [0.3, 0.4) is 0 Å². The van der Waals surface area contributed by atoms with Crippen LogP contribution in [0, 0.1) is 0 Å². The summed E-state index contributed by atoms with van der Waals surface area (Å²) in [5, 5.41) is 0. The molecule has 0 aromatic rings. The van der Waals surface area contributed by atoms with Crippen LogP contribution in [-0.2, 0) is 0 Å². The molecule has 0 fully saturated rings. The standard InChI is InChI=1S/C14H22/c1-4-7-8-9-10-11-13-14(6-3)12-5-2/h7,9-12H,4-6,13H2,1-3H3. The molecule has 0 spiro atoms. The van der Waals surface area contributed by atoms with Crippen molar-refractivity contribution in [3.05, 3.63) is 41.7 Å². The summed E-state index contributed by atoms with van der Waals surface area (Å²) in [6.45, 7) is 6.51. The zero-order valence-corrected chi connectivity index (χ0v) is 9.72. The molecule has 0 saturated heterocycles. The Bertz CT molecular complexity index is 235. The topological polar surface area (TPSA) is 0 Å². The summed E-state index contributed by atoms with van der Waals surface area (Å²) in [5.41, 5.74) is 4.63. The molecular weight excluding hydrogens is 168 g/mol. The molecule has 0 saturated carbocycles. The maximum atomic E-state index is 3.10. The van der Waals surface area contributed by atoms with E-state index in [1.54, 1.807) is 0 Å². The first-order valence-corrected chi connectivity index (χ1v) is 5.59. The van der Waals surface area contributed by atoms with Crippen LogP contribution < -0.4 is 0 Å². The summed E-state index contributed by atoms with van der Waals surface area (Å²) in [6.07, 6.45) is 15.0. The lowest BCUT2D eigenvalue weighted by Crippen LogP contribution is -1.77. The van der Waals surface area contributed by atoms with Crippen LogP contribution in [0.1, 0.15) is 46.5 Å². The maximum Gasteiger partial charge on any atom is -0.0136 e. The van der Waals surface area contributed by atoms with E-state index in [2.05, 4.69) is 44.7 Å². The first-order chi connectivity index (χ1) is 6.85. The van der Waals surface area contributed by atoms with Crippen molar-refractivity contribution in [1.82, 2.24) is 0 Å². The molecule has 78 valence electrons. The molecule has 0 radical (unpaired) electrons. The van der Waals surface area contributed by atoms with Gasteiger partial charge in [-0.15, -0.1) is 5.73 Å². The zero-order valence-electron chi connectivity index (χ0n) is 9.72. The van der Waals surface area contributed by atoms with Crippen molar-refractivity contribution in [3.63, 3.8) is 0 Å². The van der Waals surface area contributed by atoms with Gasteiger partial charge in [0.2, 0.25) is 0 Å². The lowest BCUT2D eigenvalue weighted by atomic mass is 10.1. The molecule has 0 heterocycles. The smallest absolute Gasteiger partial charge is 0.0136 e. The molecule has 14 heavy (non-hydrogen) atoms. The molecule has 0 nitrogen and oxygen atoms in total. The Labute approximate surface area is 88.7 Å². The van der Waals surface area contributed by atoms with E-state index < -0.39 is 0 Å². The number of allylic oxidation sites excluding steroid dienone is 5. The zero-order chi connectivity index (χ0) is 10.6. The van der Waals surface area contributed by atoms with Crippen LogP contribution >= 0.6 is 0 Å². The van der Waals surface area contributed by atoms with Crippen LogP contribution in [-0.4, -0.2) is 0 Å². The van der Waals surface area contributed by atoms with Gasteiger partial charge in [0.05, 0.1) is 0 Å². The third-order valence-corrected chi connectivity index (χ3v) is 1.98. The highest BCUT2D eigenvalue weighted by Gasteiger charge is 1.87. The molecule has 0 amide bonds. The first kappa shape index (κ1) is 13.0. The van der Waals surface area contributed by atoms with Crippen molar-refractivity contribution >= 4 is 0 Å². The van der Waals surface area contributed by atoms with Gasteiger partial charge in [-0.25, -0.2) is 0 Å². The highest BCUT2D eigenvalue weighted by Crippen LogP contribution is 2.08. The van der Waals surface area contributed by atoms with E-state index in [1.165, 1.54) is 5.57 Å². The van der Waals surface area contributed by atoms with E-state index in [4.69, 9.17) is 0 Å². The highest BCUT2D eigenvalue weighted by atomic mass is 13.9. The van der Waals surface area contributed by atoms with Gasteiger partial charge < -0.3 is 0 Å². The van der Waals surface area contributed by atoms with Gasteiger partial charge in [-0.05, 0) is 37.8 Å². The molecule has 0 aliphatic rings. The van der Waals surface area contributed by atoms with Crippen molar-refractivity contribution < 1.29 is 0 Å². The van der Waals surface area contributed by atoms with E-state index in [-0.39, 0.29) is 0 Å². The second-order valence-electron chi connectivity index (χ2n) is 3.20. The third kappa shape index (κ3) is 7.64. The molecule has 0 aromatic heterocycles. The second-order valence-corrected chi connectivity index (χ2v) is 3.20. The quantitative estimate of drug-likeness (QED) is 0.320. The highest BCUT2D eigenvalue weighted by molar-refractivity contribution is 5.10. The Kier molecular flexibility index (Phi) is 9.36. The van der Waals surface area contributed by atoms with Crippen molar-refractivity contribution in [1.29, 1.82) is 0 Å². The van der Waals surface area contributed by atoms with Crippen LogP contribution in [0.5, 0.6) is 0 Å². The first-order valence-electron chi connectivity index (χ1n) is 5.59. The van der Waals surface area contributed by atoms with Crippen LogP contribution in [0.4, 0.5) is 0 Å². The molecule has 0 bridgehead atoms. The van der Waals surface area contributed by atoms with Gasteiger partial charge in [-0.2, -0.15) is 0 Å². The third-order valence-electron chi connectivity index (χ3n) is 1.98. The largest absolute Gasteiger partial charge is 0.125 e. The second kappa shape index (κ2) is 10.1. The van der Waals surface area contributed by atoms with E-state index in [0.29, 0.717) is 0 Å². The van der Waals surface area contributed by atoms with Gasteiger partial charge in [0.1, 0.15) is 0 Å². The van der Waals surface area contributed by atoms with Crippen LogP contribution in [0.2, 0.25) is 0 Å². The molecule has 0 aliphatic heterocycles. The lowest BCUT2D eigenvalue weighted by Gasteiger charge is -1.97. The Morgan fingerprint density at radius 1 is 1.14 bits per heavy atom. The predicted molar refractivity (Wildman–Crippen MR) is 65.4 cm³/mol. The SMILES string of the molecule is CCC=C=CC=CCC(=CCC)CC. The van der Waals surface area contributed by atoms with Crippen LogP contribution in [0.25, 0.3) is 0 Å². The van der Waals surface area contributed by atoms with Gasteiger partial charge in [0, 0.05) is 0 Å². The monoisotopic (exact) mass is 190 g/mol. The van der Waals surface area contributed by atoms with E-state index in [0.717, 1.165) is 25.7 Å². The van der Waals surface area contributed by atoms with Crippen molar-refractivity contribution in [2.24, 2.45) is 0 Å². The minimum Gasteiger partial charge on any atom is -0.125 e. The fraction of sp³-hybridized carbons (Fsp3) is 0.500. The van der Waals surface area contributed by atoms with Crippen molar-refractivity contribution in [2.45, 2.75) is 46.5 Å². The molecular formula is C14H22. The lowest BCUT2D eigenvalue weighted by molar-refractivity contribution is 1.00. The molecule has 0 heteroatoms. The van der Waals surface area contributed by atoms with Gasteiger partial charge in [-0.1, -0.05) is 44.6 Å². The number of rotatable bonds is 6. The van der Waals surface area contributed by atoms with Gasteiger partial charge >= 0.3 is 0 Å². The van der Waals surface area contributed by atoms with E-state index in [1.807, 2.05) is 12.2 Å². The average molecular weight is 190 g/mol. The van der Waals surface area contributed by atoms with Crippen molar-refractivity contribution in [3.8, 4) is 0 Å². The molecule has 0 aromatic carbocycles. The fourth-order valence-corrected chi connectivity index (χ4v) is 1.19. The maximum absolute atomic E-state index is 3.10. The Morgan fingerprint density at radius 2 is 1.93 bits per heavy atom. The molecule has 0 atom stereocenters. The van der Waals surface area contributed by atoms with Gasteiger partial charge in [0.25, 0.3) is 0 Å². The Morgan fingerprint density at radius 3 is 2.50 bits per heavy atom. The minimum absolute atomic E-state index is 1.06. The number of hydrogen-bond acceptors (Lipinski definition) is 0. The van der Waals surface area contributed by atoms with E-state index in [9.17, 15) is 0 Å². The average Bonchev–Trinajstić information content (AvgIpc) is 2.21. The van der Waals surface area contributed by atoms with Crippen molar-refractivity contribution in [2.75, 3.05) is 0 Å². The Balaban J connectivity index is 3.91. The summed E-state index contributed by atoms with van der Waals surface area (Å²) in [4.78, 5) is 0. The normalized spacial score (nSPS) is 11.5. The summed E-state index contributed by atoms with van der Waals surface area (Å²) in [6, 6.07) is 0. The molecule has 0 aliphatic carbocycles. The molecule has 0 unspecified atom stereocenters. The fourth-order valence-electron chi connectivity index (χ4n) is 1.19. The van der Waals surface area contributed by atoms with E-state index >= 15 is 0 Å². The summed E-state index contributed by atoms with van der Waals surface area (Å²) < 4.78 is 0. The Hall–Kier alpha value is -1.00. The number of hydrogen-bond donors (Lipinski definition) is 0. The minimum atomic E-state index is 1.06.